The lowest BCUT2D eigenvalue weighted by molar-refractivity contribution is -0.142. The highest BCUT2D eigenvalue weighted by atomic mass is 16.5. The fourth-order valence-electron chi connectivity index (χ4n) is 1.45. The minimum atomic E-state index is -0.950. The molecule has 2 unspecified atom stereocenters. The molecule has 0 saturated carbocycles. The first-order chi connectivity index (χ1) is 7.65. The number of rotatable bonds is 5. The van der Waals surface area contributed by atoms with Crippen LogP contribution in [0.1, 0.15) is 6.42 Å². The van der Waals surface area contributed by atoms with Crippen molar-refractivity contribution in [3.05, 3.63) is 12.7 Å². The van der Waals surface area contributed by atoms with Crippen LogP contribution in [0.25, 0.3) is 0 Å². The van der Waals surface area contributed by atoms with Crippen molar-refractivity contribution >= 4 is 12.0 Å². The lowest BCUT2D eigenvalue weighted by atomic mass is 10.0. The van der Waals surface area contributed by atoms with Gasteiger partial charge in [-0.25, -0.2) is 4.79 Å². The van der Waals surface area contributed by atoms with E-state index in [4.69, 9.17) is 9.84 Å². The summed E-state index contributed by atoms with van der Waals surface area (Å²) in [7, 11) is 0. The highest BCUT2D eigenvalue weighted by Gasteiger charge is 2.34. The van der Waals surface area contributed by atoms with Crippen LogP contribution in [0.5, 0.6) is 0 Å². The van der Waals surface area contributed by atoms with Crippen molar-refractivity contribution in [2.45, 2.75) is 12.5 Å². The summed E-state index contributed by atoms with van der Waals surface area (Å²) in [6.07, 6.45) is 2.37. The van der Waals surface area contributed by atoms with E-state index < -0.39 is 17.9 Å². The number of amides is 2. The second kappa shape index (κ2) is 6.12. The molecule has 3 N–H and O–H groups in total. The predicted octanol–water partition coefficient (Wildman–Crippen LogP) is -0.0387. The van der Waals surface area contributed by atoms with Gasteiger partial charge in [0, 0.05) is 6.54 Å². The van der Waals surface area contributed by atoms with Gasteiger partial charge in [0.05, 0.1) is 19.3 Å². The van der Waals surface area contributed by atoms with Crippen molar-refractivity contribution in [2.24, 2.45) is 5.92 Å². The third-order valence-corrected chi connectivity index (χ3v) is 2.35. The molecule has 2 amide bonds. The summed E-state index contributed by atoms with van der Waals surface area (Å²) < 4.78 is 5.02. The Kier molecular flexibility index (Phi) is 4.78. The van der Waals surface area contributed by atoms with Crippen molar-refractivity contribution in [1.29, 1.82) is 0 Å². The number of carbonyl (C=O) groups excluding carboxylic acids is 1. The lowest BCUT2D eigenvalue weighted by Gasteiger charge is -2.15. The fraction of sp³-hybridized carbons (Fsp3) is 0.600. The first kappa shape index (κ1) is 12.5. The molecule has 1 heterocycles. The summed E-state index contributed by atoms with van der Waals surface area (Å²) in [5, 5.41) is 14.0. The number of carbonyl (C=O) groups is 2. The Bertz CT molecular complexity index is 280. The SMILES string of the molecule is C=CCCNC(=O)NC1COCC1C(=O)O. The largest absolute Gasteiger partial charge is 0.481 e. The van der Waals surface area contributed by atoms with Gasteiger partial charge >= 0.3 is 12.0 Å². The molecule has 0 spiro atoms. The minimum absolute atomic E-state index is 0.146. The van der Waals surface area contributed by atoms with E-state index in [2.05, 4.69) is 17.2 Å². The normalized spacial score (nSPS) is 23.8. The molecule has 1 fully saturated rings. The second-order valence-corrected chi connectivity index (χ2v) is 3.57. The standard InChI is InChI=1S/C10H16N2O4/c1-2-3-4-11-10(15)12-8-6-16-5-7(8)9(13)14/h2,7-8H,1,3-6H2,(H,13,14)(H2,11,12,15). The Hall–Kier alpha value is -1.56. The van der Waals surface area contributed by atoms with Gasteiger partial charge in [-0.1, -0.05) is 6.08 Å². The number of aliphatic carboxylic acids is 1. The summed E-state index contributed by atoms with van der Waals surface area (Å²) in [4.78, 5) is 22.1. The maximum atomic E-state index is 11.3. The van der Waals surface area contributed by atoms with Gasteiger partial charge in [0.15, 0.2) is 0 Å². The van der Waals surface area contributed by atoms with Gasteiger partial charge in [-0.05, 0) is 6.42 Å². The average molecular weight is 228 g/mol. The van der Waals surface area contributed by atoms with Crippen molar-refractivity contribution in [2.75, 3.05) is 19.8 Å². The number of hydrogen-bond acceptors (Lipinski definition) is 3. The zero-order valence-corrected chi connectivity index (χ0v) is 8.94. The third kappa shape index (κ3) is 3.54. The van der Waals surface area contributed by atoms with Crippen LogP contribution in [0, 0.1) is 5.92 Å². The first-order valence-corrected chi connectivity index (χ1v) is 5.11. The van der Waals surface area contributed by atoms with E-state index in [-0.39, 0.29) is 19.2 Å². The Balaban J connectivity index is 2.32. The van der Waals surface area contributed by atoms with Crippen LogP contribution in [-0.4, -0.2) is 42.9 Å². The Labute approximate surface area is 93.7 Å². The third-order valence-electron chi connectivity index (χ3n) is 2.35. The molecule has 0 aromatic heterocycles. The van der Waals surface area contributed by atoms with E-state index in [9.17, 15) is 9.59 Å². The number of carboxylic acids is 1. The number of nitrogens with one attached hydrogen (secondary N) is 2. The molecule has 0 aromatic rings. The van der Waals surface area contributed by atoms with Crippen LogP contribution in [0.15, 0.2) is 12.7 Å². The van der Waals surface area contributed by atoms with Gasteiger partial charge in [0.25, 0.3) is 0 Å². The van der Waals surface area contributed by atoms with E-state index in [1.54, 1.807) is 6.08 Å². The number of ether oxygens (including phenoxy) is 1. The molecule has 1 rings (SSSR count). The Morgan fingerprint density at radius 3 is 2.88 bits per heavy atom. The van der Waals surface area contributed by atoms with Crippen LogP contribution in [0.4, 0.5) is 4.79 Å². The summed E-state index contributed by atoms with van der Waals surface area (Å²) in [6.45, 7) is 4.40. The average Bonchev–Trinajstić information content (AvgIpc) is 2.66. The lowest BCUT2D eigenvalue weighted by Crippen LogP contribution is -2.47. The highest BCUT2D eigenvalue weighted by Crippen LogP contribution is 2.13. The molecular formula is C10H16N2O4. The maximum absolute atomic E-state index is 11.3. The quantitative estimate of drug-likeness (QED) is 0.455. The van der Waals surface area contributed by atoms with Gasteiger partial charge in [-0.15, -0.1) is 6.58 Å². The molecule has 1 aliphatic rings. The molecule has 6 heteroatoms. The molecule has 2 atom stereocenters. The van der Waals surface area contributed by atoms with E-state index in [0.29, 0.717) is 13.0 Å². The molecule has 1 saturated heterocycles. The fourth-order valence-corrected chi connectivity index (χ4v) is 1.45. The topological polar surface area (TPSA) is 87.7 Å². The molecule has 0 aromatic carbocycles. The summed E-state index contributed by atoms with van der Waals surface area (Å²) in [5.41, 5.74) is 0. The Morgan fingerprint density at radius 1 is 1.50 bits per heavy atom. The Morgan fingerprint density at radius 2 is 2.25 bits per heavy atom. The smallest absolute Gasteiger partial charge is 0.315 e. The van der Waals surface area contributed by atoms with E-state index in [1.165, 1.54) is 0 Å². The zero-order chi connectivity index (χ0) is 12.0. The van der Waals surface area contributed by atoms with E-state index in [1.807, 2.05) is 0 Å². The van der Waals surface area contributed by atoms with Gasteiger partial charge in [-0.3, -0.25) is 4.79 Å². The van der Waals surface area contributed by atoms with Crippen LogP contribution in [0.2, 0.25) is 0 Å². The molecule has 0 aliphatic carbocycles. The first-order valence-electron chi connectivity index (χ1n) is 5.11. The highest BCUT2D eigenvalue weighted by molar-refractivity contribution is 5.77. The summed E-state index contributed by atoms with van der Waals surface area (Å²) >= 11 is 0. The van der Waals surface area contributed by atoms with Crippen molar-refractivity contribution in [1.82, 2.24) is 10.6 Å². The van der Waals surface area contributed by atoms with Crippen LogP contribution in [0.3, 0.4) is 0 Å². The summed E-state index contributed by atoms with van der Waals surface area (Å²) in [5.74, 6) is -1.61. The van der Waals surface area contributed by atoms with Gasteiger partial charge in [-0.2, -0.15) is 0 Å². The second-order valence-electron chi connectivity index (χ2n) is 3.57. The predicted molar refractivity (Wildman–Crippen MR) is 57.1 cm³/mol. The molecule has 16 heavy (non-hydrogen) atoms. The van der Waals surface area contributed by atoms with Crippen molar-refractivity contribution < 1.29 is 19.4 Å². The molecule has 6 nitrogen and oxygen atoms in total. The molecule has 90 valence electrons. The van der Waals surface area contributed by atoms with Gasteiger partial charge in [0.2, 0.25) is 0 Å². The molecule has 0 radical (unpaired) electrons. The number of urea groups is 1. The monoisotopic (exact) mass is 228 g/mol. The number of carboxylic acid groups (broad SMARTS) is 1. The summed E-state index contributed by atoms with van der Waals surface area (Å²) in [6, 6.07) is -0.829. The van der Waals surface area contributed by atoms with Gasteiger partial charge in [0.1, 0.15) is 5.92 Å². The number of hydrogen-bond donors (Lipinski definition) is 3. The molecule has 1 aliphatic heterocycles. The maximum Gasteiger partial charge on any atom is 0.315 e. The molecule has 0 bridgehead atoms. The van der Waals surface area contributed by atoms with Gasteiger partial charge < -0.3 is 20.5 Å². The van der Waals surface area contributed by atoms with E-state index in [0.717, 1.165) is 0 Å². The van der Waals surface area contributed by atoms with Crippen molar-refractivity contribution in [3.63, 3.8) is 0 Å². The van der Waals surface area contributed by atoms with Crippen LogP contribution >= 0.6 is 0 Å². The zero-order valence-electron chi connectivity index (χ0n) is 8.94. The minimum Gasteiger partial charge on any atom is -0.481 e. The van der Waals surface area contributed by atoms with Crippen molar-refractivity contribution in [3.8, 4) is 0 Å². The molecular weight excluding hydrogens is 212 g/mol. The van der Waals surface area contributed by atoms with Crippen LogP contribution in [-0.2, 0) is 9.53 Å². The van der Waals surface area contributed by atoms with Crippen LogP contribution < -0.4 is 10.6 Å². The van der Waals surface area contributed by atoms with E-state index >= 15 is 0 Å².